The van der Waals surface area contributed by atoms with Crippen LogP contribution in [0.15, 0.2) is 12.1 Å². The summed E-state index contributed by atoms with van der Waals surface area (Å²) in [5, 5.41) is 9.32. The number of rotatable bonds is 6. The molecule has 2 aliphatic rings. The maximum Gasteiger partial charge on any atom is 0.335 e. The second-order valence-electron chi connectivity index (χ2n) is 4.90. The van der Waals surface area contributed by atoms with Gasteiger partial charge in [-0.15, -0.1) is 0 Å². The molecule has 2 heterocycles. The first kappa shape index (κ1) is 12.4. The minimum atomic E-state index is -0.906. The summed E-state index contributed by atoms with van der Waals surface area (Å²) in [5.41, 5.74) is 2.11. The maximum atomic E-state index is 11.4. The Labute approximate surface area is 111 Å². The first-order chi connectivity index (χ1) is 9.19. The number of ether oxygens (including phenoxy) is 3. The van der Waals surface area contributed by atoms with Crippen LogP contribution >= 0.6 is 0 Å². The van der Waals surface area contributed by atoms with Crippen molar-refractivity contribution in [3.63, 3.8) is 0 Å². The molecule has 1 N–H and O–H groups in total. The summed E-state index contributed by atoms with van der Waals surface area (Å²) in [5.74, 6) is -0.174. The summed E-state index contributed by atoms with van der Waals surface area (Å²) in [4.78, 5) is 11.4. The molecule has 2 atom stereocenters. The molecular formula is C14H16O5. The molecule has 2 fully saturated rings. The maximum absolute atomic E-state index is 11.4. The van der Waals surface area contributed by atoms with Crippen molar-refractivity contribution in [3.05, 3.63) is 28.8 Å². The Morgan fingerprint density at radius 3 is 2.32 bits per heavy atom. The Morgan fingerprint density at radius 2 is 1.84 bits per heavy atom. The first-order valence-electron chi connectivity index (χ1n) is 6.34. The summed E-state index contributed by atoms with van der Waals surface area (Å²) >= 11 is 0. The number of carboxylic acids is 1. The Kier molecular flexibility index (Phi) is 3.16. The number of benzene rings is 1. The van der Waals surface area contributed by atoms with Crippen molar-refractivity contribution < 1.29 is 24.1 Å². The molecule has 0 aromatic heterocycles. The molecule has 2 aliphatic heterocycles. The van der Waals surface area contributed by atoms with Crippen LogP contribution in [0.4, 0.5) is 0 Å². The van der Waals surface area contributed by atoms with Crippen molar-refractivity contribution in [1.29, 1.82) is 0 Å². The van der Waals surface area contributed by atoms with Gasteiger partial charge in [-0.3, -0.25) is 0 Å². The largest absolute Gasteiger partial charge is 0.496 e. The van der Waals surface area contributed by atoms with Gasteiger partial charge in [-0.05, 0) is 17.7 Å². The Hall–Kier alpha value is -1.59. The zero-order valence-electron chi connectivity index (χ0n) is 10.7. The summed E-state index contributed by atoms with van der Waals surface area (Å²) in [7, 11) is 1.60. The van der Waals surface area contributed by atoms with E-state index in [0.29, 0.717) is 25.0 Å². The minimum absolute atomic E-state index is 0.143. The molecule has 19 heavy (non-hydrogen) atoms. The highest BCUT2D eigenvalue weighted by Gasteiger charge is 2.31. The fourth-order valence-corrected chi connectivity index (χ4v) is 2.35. The van der Waals surface area contributed by atoms with Gasteiger partial charge in [-0.2, -0.15) is 0 Å². The van der Waals surface area contributed by atoms with Crippen LogP contribution in [0.3, 0.4) is 0 Å². The van der Waals surface area contributed by atoms with Crippen LogP contribution in [0.25, 0.3) is 0 Å². The summed E-state index contributed by atoms with van der Waals surface area (Å²) in [6.45, 7) is 1.44. The lowest BCUT2D eigenvalue weighted by molar-refractivity contribution is 0.0695. The predicted molar refractivity (Wildman–Crippen MR) is 66.8 cm³/mol. The van der Waals surface area contributed by atoms with Gasteiger partial charge in [0.15, 0.2) is 0 Å². The average molecular weight is 264 g/mol. The normalized spacial score (nSPS) is 24.1. The van der Waals surface area contributed by atoms with Crippen molar-refractivity contribution in [2.45, 2.75) is 25.0 Å². The number of carboxylic acid groups (broad SMARTS) is 1. The third-order valence-corrected chi connectivity index (χ3v) is 3.51. The highest BCUT2D eigenvalue weighted by Crippen LogP contribution is 2.32. The monoisotopic (exact) mass is 264 g/mol. The van der Waals surface area contributed by atoms with Crippen LogP contribution in [0.1, 0.15) is 21.5 Å². The lowest BCUT2D eigenvalue weighted by Crippen LogP contribution is -2.11. The van der Waals surface area contributed by atoms with Gasteiger partial charge in [-0.25, -0.2) is 4.79 Å². The molecule has 5 nitrogen and oxygen atoms in total. The average Bonchev–Trinajstić information content (AvgIpc) is 3.24. The molecule has 0 amide bonds. The Morgan fingerprint density at radius 1 is 1.26 bits per heavy atom. The minimum Gasteiger partial charge on any atom is -0.496 e. The van der Waals surface area contributed by atoms with Crippen molar-refractivity contribution in [3.8, 4) is 5.75 Å². The first-order valence-corrected chi connectivity index (χ1v) is 6.34. The summed E-state index contributed by atoms with van der Waals surface area (Å²) < 4.78 is 15.8. The Bertz CT molecular complexity index is 503. The van der Waals surface area contributed by atoms with E-state index in [1.807, 2.05) is 0 Å². The van der Waals surface area contributed by atoms with Crippen LogP contribution in [-0.4, -0.2) is 43.6 Å². The van der Waals surface area contributed by atoms with Gasteiger partial charge in [0.05, 0.1) is 38.1 Å². The fourth-order valence-electron chi connectivity index (χ4n) is 2.35. The van der Waals surface area contributed by atoms with Gasteiger partial charge in [0.2, 0.25) is 0 Å². The van der Waals surface area contributed by atoms with E-state index in [0.717, 1.165) is 23.5 Å². The standard InChI is InChI=1S/C14H16O5/c1-17-13-3-2-10(14(15)16)11(4-8-6-18-8)12(13)5-9-7-19-9/h2-3,8-9H,4-7H2,1H3,(H,15,16). The van der Waals surface area contributed by atoms with Gasteiger partial charge in [-0.1, -0.05) is 0 Å². The van der Waals surface area contributed by atoms with E-state index in [2.05, 4.69) is 0 Å². The molecule has 0 aliphatic carbocycles. The molecule has 3 rings (SSSR count). The zero-order valence-corrected chi connectivity index (χ0v) is 10.7. The molecular weight excluding hydrogens is 248 g/mol. The van der Waals surface area contributed by atoms with E-state index < -0.39 is 5.97 Å². The SMILES string of the molecule is COc1ccc(C(=O)O)c(CC2CO2)c1CC1CO1. The van der Waals surface area contributed by atoms with Crippen molar-refractivity contribution in [2.24, 2.45) is 0 Å². The van der Waals surface area contributed by atoms with Crippen molar-refractivity contribution >= 4 is 5.97 Å². The molecule has 0 saturated carbocycles. The van der Waals surface area contributed by atoms with E-state index in [4.69, 9.17) is 14.2 Å². The highest BCUT2D eigenvalue weighted by molar-refractivity contribution is 5.90. The smallest absolute Gasteiger partial charge is 0.335 e. The van der Waals surface area contributed by atoms with Gasteiger partial charge in [0, 0.05) is 18.4 Å². The fraction of sp³-hybridized carbons (Fsp3) is 0.500. The van der Waals surface area contributed by atoms with Gasteiger partial charge < -0.3 is 19.3 Å². The molecule has 0 bridgehead atoms. The number of carbonyl (C=O) groups is 1. The molecule has 1 aromatic carbocycles. The van der Waals surface area contributed by atoms with E-state index in [9.17, 15) is 9.90 Å². The highest BCUT2D eigenvalue weighted by atomic mass is 16.6. The number of methoxy groups -OCH3 is 1. The van der Waals surface area contributed by atoms with E-state index in [-0.39, 0.29) is 12.2 Å². The third kappa shape index (κ3) is 2.72. The summed E-state index contributed by atoms with van der Waals surface area (Å²) in [6.07, 6.45) is 1.66. The van der Waals surface area contributed by atoms with Crippen LogP contribution in [-0.2, 0) is 22.3 Å². The van der Waals surface area contributed by atoms with E-state index in [1.165, 1.54) is 0 Å². The second kappa shape index (κ2) is 4.83. The van der Waals surface area contributed by atoms with Crippen molar-refractivity contribution in [2.75, 3.05) is 20.3 Å². The van der Waals surface area contributed by atoms with Gasteiger partial charge >= 0.3 is 5.97 Å². The number of hydrogen-bond donors (Lipinski definition) is 1. The van der Waals surface area contributed by atoms with Crippen LogP contribution < -0.4 is 4.74 Å². The van der Waals surface area contributed by atoms with Gasteiger partial charge in [0.25, 0.3) is 0 Å². The lowest BCUT2D eigenvalue weighted by atomic mass is 9.93. The van der Waals surface area contributed by atoms with Crippen molar-refractivity contribution in [1.82, 2.24) is 0 Å². The quantitative estimate of drug-likeness (QED) is 0.783. The van der Waals surface area contributed by atoms with Gasteiger partial charge in [0.1, 0.15) is 5.75 Å². The topological polar surface area (TPSA) is 71.6 Å². The van der Waals surface area contributed by atoms with E-state index >= 15 is 0 Å². The van der Waals surface area contributed by atoms with Crippen LogP contribution in [0, 0.1) is 0 Å². The number of aromatic carboxylic acids is 1. The molecule has 102 valence electrons. The molecule has 0 radical (unpaired) electrons. The molecule has 1 aromatic rings. The van der Waals surface area contributed by atoms with E-state index in [1.54, 1.807) is 19.2 Å². The molecule has 0 spiro atoms. The Balaban J connectivity index is 2.02. The third-order valence-electron chi connectivity index (χ3n) is 3.51. The molecule has 5 heteroatoms. The summed E-state index contributed by atoms with van der Waals surface area (Å²) in [6, 6.07) is 3.33. The lowest BCUT2D eigenvalue weighted by Gasteiger charge is -2.15. The van der Waals surface area contributed by atoms with Crippen LogP contribution in [0.5, 0.6) is 5.75 Å². The molecule has 2 unspecified atom stereocenters. The van der Waals surface area contributed by atoms with Crippen LogP contribution in [0.2, 0.25) is 0 Å². The number of epoxide rings is 2. The zero-order chi connectivity index (χ0) is 13.4. The predicted octanol–water partition coefficient (Wildman–Crippen LogP) is 1.28. The second-order valence-corrected chi connectivity index (χ2v) is 4.90. The molecule has 2 saturated heterocycles. The number of hydrogen-bond acceptors (Lipinski definition) is 4.